The van der Waals surface area contributed by atoms with Gasteiger partial charge in [0.2, 0.25) is 5.91 Å². The van der Waals surface area contributed by atoms with Crippen molar-refractivity contribution in [3.8, 4) is 11.4 Å². The van der Waals surface area contributed by atoms with Crippen molar-refractivity contribution in [3.63, 3.8) is 0 Å². The van der Waals surface area contributed by atoms with Gasteiger partial charge in [-0.3, -0.25) is 14.7 Å². The number of benzene rings is 1. The van der Waals surface area contributed by atoms with Gasteiger partial charge < -0.3 is 9.73 Å². The van der Waals surface area contributed by atoms with E-state index in [1.165, 1.54) is 17.3 Å². The minimum atomic E-state index is -0.568. The van der Waals surface area contributed by atoms with E-state index in [1.54, 1.807) is 13.2 Å². The third-order valence-electron chi connectivity index (χ3n) is 5.00. The molecule has 182 valence electrons. The third-order valence-corrected chi connectivity index (χ3v) is 6.08. The van der Waals surface area contributed by atoms with E-state index in [1.807, 2.05) is 49.6 Å². The zero-order valence-electron chi connectivity index (χ0n) is 20.8. The summed E-state index contributed by atoms with van der Waals surface area (Å²) >= 11 is 1.24. The van der Waals surface area contributed by atoms with Gasteiger partial charge >= 0.3 is 6.03 Å². The molecule has 0 aliphatic carbocycles. The van der Waals surface area contributed by atoms with E-state index in [4.69, 9.17) is 4.42 Å². The first-order valence-corrected chi connectivity index (χ1v) is 12.1. The second kappa shape index (κ2) is 10.0. The Kier molecular flexibility index (Phi) is 7.55. The molecule has 0 saturated heterocycles. The molecule has 3 rings (SSSR count). The van der Waals surface area contributed by atoms with Crippen LogP contribution < -0.4 is 10.6 Å². The van der Waals surface area contributed by atoms with Gasteiger partial charge in [0.15, 0.2) is 11.0 Å². The largest absolute Gasteiger partial charge is 0.467 e. The highest BCUT2D eigenvalue weighted by Crippen LogP contribution is 2.30. The number of hydrogen-bond donors (Lipinski definition) is 2. The second-order valence-electron chi connectivity index (χ2n) is 10.3. The van der Waals surface area contributed by atoms with Crippen molar-refractivity contribution in [3.05, 3.63) is 54.0 Å². The van der Waals surface area contributed by atoms with Gasteiger partial charge in [-0.25, -0.2) is 4.79 Å². The number of rotatable bonds is 6. The predicted octanol–water partition coefficient (Wildman–Crippen LogP) is 4.99. The molecule has 1 aromatic carbocycles. The Labute approximate surface area is 204 Å². The van der Waals surface area contributed by atoms with E-state index < -0.39 is 22.7 Å². The van der Waals surface area contributed by atoms with Crippen molar-refractivity contribution in [2.75, 3.05) is 0 Å². The Bertz CT molecular complexity index is 1120. The van der Waals surface area contributed by atoms with Gasteiger partial charge in [-0.05, 0) is 50.8 Å². The Morgan fingerprint density at radius 1 is 1.06 bits per heavy atom. The molecule has 1 unspecified atom stereocenters. The van der Waals surface area contributed by atoms with E-state index in [-0.39, 0.29) is 5.41 Å². The molecular weight excluding hydrogens is 450 g/mol. The summed E-state index contributed by atoms with van der Waals surface area (Å²) in [6.07, 6.45) is 1.62. The Balaban J connectivity index is 1.84. The van der Waals surface area contributed by atoms with Crippen LogP contribution in [0.4, 0.5) is 4.79 Å². The minimum absolute atomic E-state index is 0.0451. The van der Waals surface area contributed by atoms with Gasteiger partial charge in [-0.15, -0.1) is 10.2 Å². The molecule has 0 radical (unpaired) electrons. The monoisotopic (exact) mass is 483 g/mol. The fourth-order valence-corrected chi connectivity index (χ4v) is 4.06. The maximum atomic E-state index is 12.6. The topological polar surface area (TPSA) is 102 Å². The van der Waals surface area contributed by atoms with Crippen LogP contribution in [-0.4, -0.2) is 37.5 Å². The number of carbonyl (C=O) groups is 2. The fourth-order valence-electron chi connectivity index (χ4n) is 3.21. The summed E-state index contributed by atoms with van der Waals surface area (Å²) < 4.78 is 7.48. The van der Waals surface area contributed by atoms with Crippen LogP contribution in [0.15, 0.2) is 52.2 Å². The van der Waals surface area contributed by atoms with Crippen LogP contribution in [0, 0.1) is 0 Å². The molecule has 3 amide bonds. The van der Waals surface area contributed by atoms with Gasteiger partial charge in [0.25, 0.3) is 0 Å². The first-order valence-electron chi connectivity index (χ1n) is 11.2. The minimum Gasteiger partial charge on any atom is -0.467 e. The first kappa shape index (κ1) is 25.6. The molecule has 2 N–H and O–H groups in total. The SMILES string of the molecule is CC(Sc1nnc(-c2ccc(C(C)(C)C)cc2)n1Cc1ccco1)C(=O)NC(=O)NC(C)(C)C. The Morgan fingerprint density at radius 2 is 1.74 bits per heavy atom. The lowest BCUT2D eigenvalue weighted by Crippen LogP contribution is -2.49. The smallest absolute Gasteiger partial charge is 0.321 e. The van der Waals surface area contributed by atoms with E-state index in [0.717, 1.165) is 11.3 Å². The van der Waals surface area contributed by atoms with Crippen LogP contribution in [0.2, 0.25) is 0 Å². The number of thioether (sulfide) groups is 1. The van der Waals surface area contributed by atoms with Gasteiger partial charge in [-0.2, -0.15) is 0 Å². The van der Waals surface area contributed by atoms with Crippen LogP contribution >= 0.6 is 11.8 Å². The van der Waals surface area contributed by atoms with Gasteiger partial charge in [0, 0.05) is 11.1 Å². The van der Waals surface area contributed by atoms with E-state index in [0.29, 0.717) is 17.5 Å². The number of urea groups is 1. The van der Waals surface area contributed by atoms with Crippen LogP contribution in [0.1, 0.15) is 59.8 Å². The maximum absolute atomic E-state index is 12.6. The Hall–Kier alpha value is -3.07. The summed E-state index contributed by atoms with van der Waals surface area (Å²) in [5, 5.41) is 13.9. The standard InChI is InChI=1S/C25H33N5O3S/c1-16(21(31)26-22(32)27-25(5,6)7)34-23-29-28-20(30(23)15-19-9-8-14-33-19)17-10-12-18(13-11-17)24(2,3)4/h8-14,16H,15H2,1-7H3,(H2,26,27,31,32). The van der Waals surface area contributed by atoms with Gasteiger partial charge in [0.1, 0.15) is 5.76 Å². The molecular formula is C25H33N5O3S. The van der Waals surface area contributed by atoms with Crippen molar-refractivity contribution in [2.45, 2.75) is 76.4 Å². The highest BCUT2D eigenvalue weighted by atomic mass is 32.2. The zero-order chi connectivity index (χ0) is 25.1. The normalized spacial score (nSPS) is 12.9. The molecule has 3 aromatic rings. The molecule has 9 heteroatoms. The molecule has 0 spiro atoms. The van der Waals surface area contributed by atoms with Crippen molar-refractivity contribution in [1.82, 2.24) is 25.4 Å². The summed E-state index contributed by atoms with van der Waals surface area (Å²) in [7, 11) is 0. The molecule has 0 aliphatic rings. The molecule has 34 heavy (non-hydrogen) atoms. The molecule has 0 aliphatic heterocycles. The van der Waals surface area contributed by atoms with E-state index in [9.17, 15) is 9.59 Å². The quantitative estimate of drug-likeness (QED) is 0.479. The summed E-state index contributed by atoms with van der Waals surface area (Å²) in [6, 6.07) is 11.4. The summed E-state index contributed by atoms with van der Waals surface area (Å²) in [6.45, 7) is 14.2. The number of aromatic nitrogens is 3. The third kappa shape index (κ3) is 6.72. The van der Waals surface area contributed by atoms with E-state index >= 15 is 0 Å². The molecule has 8 nitrogen and oxygen atoms in total. The van der Waals surface area contributed by atoms with Gasteiger partial charge in [-0.1, -0.05) is 56.8 Å². The van der Waals surface area contributed by atoms with E-state index in [2.05, 4.69) is 53.7 Å². The number of amides is 3. The first-order chi connectivity index (χ1) is 15.8. The lowest BCUT2D eigenvalue weighted by molar-refractivity contribution is -0.119. The molecule has 2 heterocycles. The number of furan rings is 1. The average Bonchev–Trinajstić information content (AvgIpc) is 3.37. The van der Waals surface area contributed by atoms with Crippen molar-refractivity contribution >= 4 is 23.7 Å². The summed E-state index contributed by atoms with van der Waals surface area (Å²) in [5.41, 5.74) is 1.74. The number of hydrogen-bond acceptors (Lipinski definition) is 6. The summed E-state index contributed by atoms with van der Waals surface area (Å²) in [4.78, 5) is 24.7. The highest BCUT2D eigenvalue weighted by molar-refractivity contribution is 8.00. The predicted molar refractivity (Wildman–Crippen MR) is 134 cm³/mol. The number of imide groups is 1. The molecule has 0 bridgehead atoms. The van der Waals surface area contributed by atoms with Crippen molar-refractivity contribution in [1.29, 1.82) is 0 Å². The fraction of sp³-hybridized carbons (Fsp3) is 0.440. The zero-order valence-corrected chi connectivity index (χ0v) is 21.6. The number of nitrogens with zero attached hydrogens (tertiary/aromatic N) is 3. The lowest BCUT2D eigenvalue weighted by atomic mass is 9.87. The average molecular weight is 484 g/mol. The molecule has 1 atom stereocenters. The molecule has 0 saturated carbocycles. The van der Waals surface area contributed by atoms with Gasteiger partial charge in [0.05, 0.1) is 18.1 Å². The summed E-state index contributed by atoms with van der Waals surface area (Å²) in [5.74, 6) is 1.02. The number of carbonyl (C=O) groups excluding carboxylic acids is 2. The van der Waals surface area contributed by atoms with Crippen LogP contribution in [0.5, 0.6) is 0 Å². The Morgan fingerprint density at radius 3 is 2.29 bits per heavy atom. The van der Waals surface area contributed by atoms with Crippen molar-refractivity contribution < 1.29 is 14.0 Å². The lowest BCUT2D eigenvalue weighted by Gasteiger charge is -2.21. The molecule has 0 fully saturated rings. The van der Waals surface area contributed by atoms with Crippen molar-refractivity contribution in [2.24, 2.45) is 0 Å². The number of nitrogens with one attached hydrogen (secondary N) is 2. The van der Waals surface area contributed by atoms with Crippen LogP contribution in [-0.2, 0) is 16.8 Å². The highest BCUT2D eigenvalue weighted by Gasteiger charge is 2.24. The van der Waals surface area contributed by atoms with Crippen LogP contribution in [0.3, 0.4) is 0 Å². The molecule has 2 aromatic heterocycles. The van der Waals surface area contributed by atoms with Crippen LogP contribution in [0.25, 0.3) is 11.4 Å². The second-order valence-corrected chi connectivity index (χ2v) is 11.6. The maximum Gasteiger partial charge on any atom is 0.321 e.